The summed E-state index contributed by atoms with van der Waals surface area (Å²) in [6, 6.07) is 5.74. The highest BCUT2D eigenvalue weighted by molar-refractivity contribution is 7.80. The second-order valence-corrected chi connectivity index (χ2v) is 12.0. The van der Waals surface area contributed by atoms with E-state index in [1.54, 1.807) is 12.3 Å². The number of aryl methyl sites for hydroxylation is 1. The average molecular weight is 686 g/mol. The fraction of sp³-hybridized carbons (Fsp3) is 0.375. The van der Waals surface area contributed by atoms with Crippen LogP contribution in [0, 0.1) is 6.92 Å². The molecule has 2 aromatic carbocycles. The van der Waals surface area contributed by atoms with Crippen LogP contribution in [0.4, 0.5) is 34.5 Å². The van der Waals surface area contributed by atoms with Crippen LogP contribution in [0.5, 0.6) is 11.5 Å². The van der Waals surface area contributed by atoms with E-state index in [1.807, 2.05) is 29.7 Å². The fourth-order valence-electron chi connectivity index (χ4n) is 5.68. The number of piperazine rings is 1. The Morgan fingerprint density at radius 1 is 1.07 bits per heavy atom. The van der Waals surface area contributed by atoms with E-state index in [0.717, 1.165) is 49.5 Å². The molecular weight excluding hydrogens is 647 g/mol. The SMILES string of the molecule is C=CC(=O)Nc1cc(N2CCN(CC)CC2)cc(C)c1Nc1ncc2c(n1)N(CC)C(=S)N(c1c(Cl)c(OC)cc(OC)c1Cl)C2. The van der Waals surface area contributed by atoms with Gasteiger partial charge in [-0.15, -0.1) is 0 Å². The number of anilines is 6. The van der Waals surface area contributed by atoms with Crippen molar-refractivity contribution in [1.29, 1.82) is 0 Å². The summed E-state index contributed by atoms with van der Waals surface area (Å²) in [7, 11) is 3.06. The van der Waals surface area contributed by atoms with Gasteiger partial charge < -0.3 is 39.7 Å². The quantitative estimate of drug-likeness (QED) is 0.187. The van der Waals surface area contributed by atoms with Crippen molar-refractivity contribution in [3.05, 3.63) is 58.2 Å². The molecule has 3 aromatic rings. The van der Waals surface area contributed by atoms with Crippen LogP contribution < -0.4 is 34.8 Å². The Balaban J connectivity index is 1.49. The van der Waals surface area contributed by atoms with Gasteiger partial charge in [0.1, 0.15) is 27.4 Å². The van der Waals surface area contributed by atoms with E-state index in [4.69, 9.17) is 49.9 Å². The van der Waals surface area contributed by atoms with E-state index >= 15 is 0 Å². The minimum atomic E-state index is -0.309. The first-order valence-electron chi connectivity index (χ1n) is 15.0. The summed E-state index contributed by atoms with van der Waals surface area (Å²) in [6.07, 6.45) is 3.00. The molecule has 1 saturated heterocycles. The van der Waals surface area contributed by atoms with Crippen LogP contribution in [-0.4, -0.2) is 79.4 Å². The summed E-state index contributed by atoms with van der Waals surface area (Å²) < 4.78 is 11.0. The maximum absolute atomic E-state index is 12.5. The Labute approximate surface area is 285 Å². The number of hydrogen-bond donors (Lipinski definition) is 2. The average Bonchev–Trinajstić information content (AvgIpc) is 3.06. The zero-order chi connectivity index (χ0) is 33.1. The Bertz CT molecular complexity index is 1640. The zero-order valence-corrected chi connectivity index (χ0v) is 28.9. The smallest absolute Gasteiger partial charge is 0.247 e. The van der Waals surface area contributed by atoms with Crippen LogP contribution in [0.3, 0.4) is 0 Å². The number of carbonyl (C=O) groups excluding carboxylic acids is 1. The van der Waals surface area contributed by atoms with Crippen LogP contribution in [0.25, 0.3) is 0 Å². The van der Waals surface area contributed by atoms with Gasteiger partial charge in [-0.3, -0.25) is 4.79 Å². The third-order valence-electron chi connectivity index (χ3n) is 8.21. The maximum Gasteiger partial charge on any atom is 0.247 e. The van der Waals surface area contributed by atoms with Gasteiger partial charge in [0.15, 0.2) is 5.11 Å². The third kappa shape index (κ3) is 6.52. The molecule has 0 unspecified atom stereocenters. The largest absolute Gasteiger partial charge is 0.495 e. The molecule has 0 aliphatic carbocycles. The fourth-order valence-corrected chi connectivity index (χ4v) is 6.76. The lowest BCUT2D eigenvalue weighted by molar-refractivity contribution is -0.111. The van der Waals surface area contributed by atoms with E-state index in [0.29, 0.717) is 68.6 Å². The molecular formula is C32H38Cl2N8O3S. The van der Waals surface area contributed by atoms with E-state index in [1.165, 1.54) is 20.3 Å². The van der Waals surface area contributed by atoms with Gasteiger partial charge in [0.25, 0.3) is 0 Å². The van der Waals surface area contributed by atoms with Crippen LogP contribution in [0.15, 0.2) is 37.1 Å². The zero-order valence-electron chi connectivity index (χ0n) is 26.6. The highest BCUT2D eigenvalue weighted by Gasteiger charge is 2.33. The lowest BCUT2D eigenvalue weighted by Gasteiger charge is -2.39. The molecule has 0 atom stereocenters. The van der Waals surface area contributed by atoms with Gasteiger partial charge in [0.05, 0.1) is 37.8 Å². The maximum atomic E-state index is 12.5. The molecule has 0 bridgehead atoms. The number of halogens is 2. The van der Waals surface area contributed by atoms with Crippen molar-refractivity contribution >= 4 is 81.0 Å². The first-order chi connectivity index (χ1) is 22.1. The van der Waals surface area contributed by atoms with Crippen molar-refractivity contribution in [3.63, 3.8) is 0 Å². The highest BCUT2D eigenvalue weighted by atomic mass is 35.5. The molecule has 5 rings (SSSR count). The number of thiocarbonyl (C=S) groups is 1. The summed E-state index contributed by atoms with van der Waals surface area (Å²) >= 11 is 19.5. The molecule has 1 fully saturated rings. The predicted octanol–water partition coefficient (Wildman–Crippen LogP) is 6.25. The molecule has 1 aromatic heterocycles. The van der Waals surface area contributed by atoms with Crippen molar-refractivity contribution < 1.29 is 14.3 Å². The number of aromatic nitrogens is 2. The highest BCUT2D eigenvalue weighted by Crippen LogP contribution is 2.48. The second kappa shape index (κ2) is 14.3. The number of benzene rings is 2. The number of carbonyl (C=O) groups is 1. The van der Waals surface area contributed by atoms with Gasteiger partial charge in [-0.2, -0.15) is 4.98 Å². The number of methoxy groups -OCH3 is 2. The van der Waals surface area contributed by atoms with Crippen LogP contribution >= 0.6 is 35.4 Å². The molecule has 244 valence electrons. The van der Waals surface area contributed by atoms with Crippen molar-refractivity contribution in [2.24, 2.45) is 0 Å². The Morgan fingerprint density at radius 3 is 2.33 bits per heavy atom. The Kier molecular flexibility index (Phi) is 10.4. The van der Waals surface area contributed by atoms with Gasteiger partial charge in [-0.1, -0.05) is 36.7 Å². The van der Waals surface area contributed by atoms with Crippen molar-refractivity contribution in [3.8, 4) is 11.5 Å². The predicted molar refractivity (Wildman–Crippen MR) is 191 cm³/mol. The lowest BCUT2D eigenvalue weighted by atomic mass is 10.1. The number of ether oxygens (including phenoxy) is 2. The number of likely N-dealkylation sites (N-methyl/N-ethyl adjacent to an activating group) is 1. The number of amides is 1. The molecule has 46 heavy (non-hydrogen) atoms. The summed E-state index contributed by atoms with van der Waals surface area (Å²) in [6.45, 7) is 15.5. The summed E-state index contributed by atoms with van der Waals surface area (Å²) in [5, 5.41) is 7.42. The van der Waals surface area contributed by atoms with Gasteiger partial charge >= 0.3 is 0 Å². The van der Waals surface area contributed by atoms with Gasteiger partial charge in [-0.25, -0.2) is 4.98 Å². The number of fused-ring (bicyclic) bond motifs is 1. The van der Waals surface area contributed by atoms with Gasteiger partial charge in [-0.05, 0) is 56.4 Å². The number of hydrogen-bond acceptors (Lipinski definition) is 9. The number of rotatable bonds is 10. The van der Waals surface area contributed by atoms with Crippen LogP contribution in [0.1, 0.15) is 25.0 Å². The molecule has 0 radical (unpaired) electrons. The first kappa shape index (κ1) is 33.5. The first-order valence-corrected chi connectivity index (χ1v) is 16.2. The monoisotopic (exact) mass is 684 g/mol. The Morgan fingerprint density at radius 2 is 1.74 bits per heavy atom. The second-order valence-electron chi connectivity index (χ2n) is 10.8. The van der Waals surface area contributed by atoms with Gasteiger partial charge in [0, 0.05) is 56.2 Å². The molecule has 0 saturated carbocycles. The third-order valence-corrected chi connectivity index (χ3v) is 9.38. The van der Waals surface area contributed by atoms with Crippen LogP contribution in [0.2, 0.25) is 10.0 Å². The summed E-state index contributed by atoms with van der Waals surface area (Å²) in [4.78, 5) is 30.5. The minimum absolute atomic E-state index is 0.309. The molecule has 0 spiro atoms. The summed E-state index contributed by atoms with van der Waals surface area (Å²) in [5.41, 5.74) is 4.57. The van der Waals surface area contributed by atoms with E-state index in [2.05, 4.69) is 45.0 Å². The normalized spacial score (nSPS) is 15.0. The molecule has 2 aliphatic rings. The molecule has 2 aliphatic heterocycles. The van der Waals surface area contributed by atoms with Crippen molar-refractivity contribution in [1.82, 2.24) is 14.9 Å². The topological polar surface area (TPSA) is 98.3 Å². The molecule has 1 amide bonds. The number of nitrogens with zero attached hydrogens (tertiary/aromatic N) is 6. The van der Waals surface area contributed by atoms with E-state index < -0.39 is 0 Å². The van der Waals surface area contributed by atoms with E-state index in [9.17, 15) is 4.79 Å². The summed E-state index contributed by atoms with van der Waals surface area (Å²) in [5.74, 6) is 1.52. The minimum Gasteiger partial charge on any atom is -0.495 e. The van der Waals surface area contributed by atoms with Crippen molar-refractivity contribution in [2.45, 2.75) is 27.3 Å². The molecule has 3 heterocycles. The Hall–Kier alpha value is -3.84. The molecule has 11 nitrogen and oxygen atoms in total. The lowest BCUT2D eigenvalue weighted by Crippen LogP contribution is -2.48. The van der Waals surface area contributed by atoms with E-state index in [-0.39, 0.29) is 5.91 Å². The van der Waals surface area contributed by atoms with Gasteiger partial charge in [0.2, 0.25) is 11.9 Å². The van der Waals surface area contributed by atoms with Crippen LogP contribution in [-0.2, 0) is 11.3 Å². The molecule has 2 N–H and O–H groups in total. The van der Waals surface area contributed by atoms with Crippen molar-refractivity contribution in [2.75, 3.05) is 78.8 Å². The standard InChI is InChI=1S/C32H38Cl2N8O3S/c1-7-25(43)36-22-15-21(40-12-10-39(8-2)11-13-40)14-19(4)28(22)37-31-35-17-20-18-42(32(46)41(9-3)30(20)38-31)29-26(33)23(44-5)16-24(45-6)27(29)34/h7,14-17H,1,8-13,18H2,2-6H3,(H,36,43)(H,35,37,38). The molecule has 14 heteroatoms. The number of nitrogens with one attached hydrogen (secondary N) is 2.